The van der Waals surface area contributed by atoms with Crippen LogP contribution >= 0.6 is 0 Å². The Morgan fingerprint density at radius 1 is 0.870 bits per heavy atom. The molecule has 0 N–H and O–H groups in total. The average molecular weight is 310 g/mol. The molecule has 2 aliphatic rings. The molecule has 0 radical (unpaired) electrons. The molecule has 0 atom stereocenters. The molecule has 0 aliphatic carbocycles. The van der Waals surface area contributed by atoms with Gasteiger partial charge in [-0.25, -0.2) is 0 Å². The number of anilines is 1. The summed E-state index contributed by atoms with van der Waals surface area (Å²) in [5.74, 6) is 1.70. The fourth-order valence-electron chi connectivity index (χ4n) is 3.01. The van der Waals surface area contributed by atoms with E-state index in [1.54, 1.807) is 0 Å². The number of ether oxygens (including phenoxy) is 2. The van der Waals surface area contributed by atoms with Gasteiger partial charge in [-0.1, -0.05) is 18.2 Å². The Labute approximate surface area is 135 Å². The van der Waals surface area contributed by atoms with Gasteiger partial charge in [-0.2, -0.15) is 0 Å². The first-order valence-electron chi connectivity index (χ1n) is 7.80. The van der Waals surface area contributed by atoms with Crippen molar-refractivity contribution in [3.05, 3.63) is 54.1 Å². The molecule has 0 bridgehead atoms. The minimum atomic E-state index is 0.107. The highest BCUT2D eigenvalue weighted by atomic mass is 16.7. The van der Waals surface area contributed by atoms with Crippen molar-refractivity contribution < 1.29 is 14.3 Å². The number of rotatable bonds is 2. The van der Waals surface area contributed by atoms with Crippen LogP contribution in [-0.4, -0.2) is 43.8 Å². The van der Waals surface area contributed by atoms with E-state index in [2.05, 4.69) is 4.90 Å². The summed E-state index contributed by atoms with van der Waals surface area (Å²) in [6, 6.07) is 15.5. The number of amides is 1. The summed E-state index contributed by atoms with van der Waals surface area (Å²) >= 11 is 0. The van der Waals surface area contributed by atoms with Gasteiger partial charge < -0.3 is 19.3 Å². The van der Waals surface area contributed by atoms with Crippen LogP contribution in [0.1, 0.15) is 10.4 Å². The molecule has 5 heteroatoms. The molecule has 118 valence electrons. The molecule has 2 aromatic carbocycles. The van der Waals surface area contributed by atoms with Crippen LogP contribution in [0.3, 0.4) is 0 Å². The van der Waals surface area contributed by atoms with Gasteiger partial charge in [-0.3, -0.25) is 4.79 Å². The SMILES string of the molecule is O=C(c1ccccc1)N1CCN(c2ccc3c(c2)OCO3)CC1. The van der Waals surface area contributed by atoms with Crippen LogP contribution in [0.2, 0.25) is 0 Å². The molecule has 0 spiro atoms. The third kappa shape index (κ3) is 2.70. The van der Waals surface area contributed by atoms with Crippen LogP contribution in [0.4, 0.5) is 5.69 Å². The van der Waals surface area contributed by atoms with E-state index in [4.69, 9.17) is 9.47 Å². The van der Waals surface area contributed by atoms with Crippen molar-refractivity contribution in [2.24, 2.45) is 0 Å². The second-order valence-electron chi connectivity index (χ2n) is 5.68. The summed E-state index contributed by atoms with van der Waals surface area (Å²) in [6.07, 6.45) is 0. The minimum Gasteiger partial charge on any atom is -0.454 e. The van der Waals surface area contributed by atoms with Crippen molar-refractivity contribution in [3.8, 4) is 11.5 Å². The molecule has 1 amide bonds. The highest BCUT2D eigenvalue weighted by molar-refractivity contribution is 5.94. The zero-order chi connectivity index (χ0) is 15.6. The van der Waals surface area contributed by atoms with Gasteiger partial charge in [0, 0.05) is 43.5 Å². The summed E-state index contributed by atoms with van der Waals surface area (Å²) in [4.78, 5) is 16.7. The summed E-state index contributed by atoms with van der Waals surface area (Å²) < 4.78 is 10.8. The maximum Gasteiger partial charge on any atom is 0.253 e. The maximum atomic E-state index is 12.5. The van der Waals surface area contributed by atoms with Gasteiger partial charge >= 0.3 is 0 Å². The number of fused-ring (bicyclic) bond motifs is 1. The van der Waals surface area contributed by atoms with E-state index in [0.29, 0.717) is 0 Å². The molecule has 1 fully saturated rings. The highest BCUT2D eigenvalue weighted by Gasteiger charge is 2.23. The fourth-order valence-corrected chi connectivity index (χ4v) is 3.01. The van der Waals surface area contributed by atoms with E-state index in [1.807, 2.05) is 53.4 Å². The first-order chi connectivity index (χ1) is 11.3. The normalized spacial score (nSPS) is 16.5. The van der Waals surface area contributed by atoms with Gasteiger partial charge in [0.15, 0.2) is 11.5 Å². The number of hydrogen-bond acceptors (Lipinski definition) is 4. The number of benzene rings is 2. The van der Waals surface area contributed by atoms with Crippen molar-refractivity contribution in [1.29, 1.82) is 0 Å². The number of nitrogens with zero attached hydrogens (tertiary/aromatic N) is 2. The zero-order valence-electron chi connectivity index (χ0n) is 12.8. The fraction of sp³-hybridized carbons (Fsp3) is 0.278. The number of carbonyl (C=O) groups excluding carboxylic acids is 1. The van der Waals surface area contributed by atoms with E-state index in [0.717, 1.165) is 48.9 Å². The summed E-state index contributed by atoms with van der Waals surface area (Å²) in [6.45, 7) is 3.37. The first kappa shape index (κ1) is 13.9. The van der Waals surface area contributed by atoms with Crippen LogP contribution in [-0.2, 0) is 0 Å². The van der Waals surface area contributed by atoms with Gasteiger partial charge in [0.2, 0.25) is 6.79 Å². The quantitative estimate of drug-likeness (QED) is 0.854. The largest absolute Gasteiger partial charge is 0.454 e. The maximum absolute atomic E-state index is 12.5. The van der Waals surface area contributed by atoms with Crippen molar-refractivity contribution in [2.45, 2.75) is 0 Å². The van der Waals surface area contributed by atoms with E-state index in [1.165, 1.54) is 0 Å². The van der Waals surface area contributed by atoms with Gasteiger partial charge in [0.25, 0.3) is 5.91 Å². The van der Waals surface area contributed by atoms with Crippen LogP contribution in [0.25, 0.3) is 0 Å². The third-order valence-corrected chi connectivity index (χ3v) is 4.31. The first-order valence-corrected chi connectivity index (χ1v) is 7.80. The minimum absolute atomic E-state index is 0.107. The molecule has 23 heavy (non-hydrogen) atoms. The van der Waals surface area contributed by atoms with E-state index >= 15 is 0 Å². The summed E-state index contributed by atoms with van der Waals surface area (Å²) in [5.41, 5.74) is 1.87. The van der Waals surface area contributed by atoms with Crippen LogP contribution in [0, 0.1) is 0 Å². The molecule has 0 saturated carbocycles. The molecular weight excluding hydrogens is 292 g/mol. The number of piperazine rings is 1. The molecule has 0 unspecified atom stereocenters. The van der Waals surface area contributed by atoms with Crippen molar-refractivity contribution in [1.82, 2.24) is 4.90 Å². The summed E-state index contributed by atoms with van der Waals surface area (Å²) in [5, 5.41) is 0. The Morgan fingerprint density at radius 2 is 1.61 bits per heavy atom. The molecule has 5 nitrogen and oxygen atoms in total. The Kier molecular flexibility index (Phi) is 3.54. The number of hydrogen-bond donors (Lipinski definition) is 0. The smallest absolute Gasteiger partial charge is 0.253 e. The van der Waals surface area contributed by atoms with Crippen molar-refractivity contribution in [3.63, 3.8) is 0 Å². The van der Waals surface area contributed by atoms with Crippen LogP contribution in [0.15, 0.2) is 48.5 Å². The number of carbonyl (C=O) groups is 1. The standard InChI is InChI=1S/C18H18N2O3/c21-18(14-4-2-1-3-5-14)20-10-8-19(9-11-20)15-6-7-16-17(12-15)23-13-22-16/h1-7,12H,8-11,13H2. The summed E-state index contributed by atoms with van der Waals surface area (Å²) in [7, 11) is 0. The van der Waals surface area contributed by atoms with Gasteiger partial charge in [-0.05, 0) is 24.3 Å². The Hall–Kier alpha value is -2.69. The molecule has 2 aliphatic heterocycles. The predicted molar refractivity (Wildman–Crippen MR) is 87.1 cm³/mol. The van der Waals surface area contributed by atoms with Crippen LogP contribution < -0.4 is 14.4 Å². The lowest BCUT2D eigenvalue weighted by molar-refractivity contribution is 0.0746. The Bertz CT molecular complexity index is 709. The molecule has 1 saturated heterocycles. The van der Waals surface area contributed by atoms with Crippen LogP contribution in [0.5, 0.6) is 11.5 Å². The Morgan fingerprint density at radius 3 is 2.39 bits per heavy atom. The molecule has 2 heterocycles. The Balaban J connectivity index is 1.42. The lowest BCUT2D eigenvalue weighted by atomic mass is 10.1. The van der Waals surface area contributed by atoms with Crippen molar-refractivity contribution in [2.75, 3.05) is 37.9 Å². The zero-order valence-corrected chi connectivity index (χ0v) is 12.8. The van der Waals surface area contributed by atoms with E-state index < -0.39 is 0 Å². The molecular formula is C18H18N2O3. The van der Waals surface area contributed by atoms with E-state index in [-0.39, 0.29) is 12.7 Å². The van der Waals surface area contributed by atoms with Gasteiger partial charge in [0.05, 0.1) is 0 Å². The predicted octanol–water partition coefficient (Wildman–Crippen LogP) is 2.38. The molecule has 4 rings (SSSR count). The van der Waals surface area contributed by atoms with Crippen molar-refractivity contribution >= 4 is 11.6 Å². The lowest BCUT2D eigenvalue weighted by Gasteiger charge is -2.36. The monoisotopic (exact) mass is 310 g/mol. The third-order valence-electron chi connectivity index (χ3n) is 4.31. The van der Waals surface area contributed by atoms with Gasteiger partial charge in [0.1, 0.15) is 0 Å². The second kappa shape index (κ2) is 5.83. The second-order valence-corrected chi connectivity index (χ2v) is 5.68. The molecule has 0 aromatic heterocycles. The topological polar surface area (TPSA) is 42.0 Å². The lowest BCUT2D eigenvalue weighted by Crippen LogP contribution is -2.48. The van der Waals surface area contributed by atoms with E-state index in [9.17, 15) is 4.79 Å². The average Bonchev–Trinajstić information content (AvgIpc) is 3.10. The molecule has 2 aromatic rings. The van der Waals surface area contributed by atoms with Gasteiger partial charge in [-0.15, -0.1) is 0 Å². The highest BCUT2D eigenvalue weighted by Crippen LogP contribution is 2.35.